The molecular formula is C15H13F2N3O. The zero-order valence-corrected chi connectivity index (χ0v) is 11.5. The monoisotopic (exact) mass is 289 g/mol. The van der Waals surface area contributed by atoms with Gasteiger partial charge in [0.15, 0.2) is 0 Å². The van der Waals surface area contributed by atoms with Gasteiger partial charge in [-0.1, -0.05) is 13.8 Å². The van der Waals surface area contributed by atoms with Gasteiger partial charge < -0.3 is 4.42 Å². The van der Waals surface area contributed by atoms with Crippen molar-refractivity contribution in [2.45, 2.75) is 19.8 Å². The van der Waals surface area contributed by atoms with Gasteiger partial charge in [0.2, 0.25) is 5.89 Å². The predicted octanol–water partition coefficient (Wildman–Crippen LogP) is 4.13. The normalized spacial score (nSPS) is 11.3. The summed E-state index contributed by atoms with van der Waals surface area (Å²) in [4.78, 5) is 4.20. The number of halogens is 2. The topological polar surface area (TPSA) is 54.7 Å². The molecule has 3 aromatic rings. The van der Waals surface area contributed by atoms with Gasteiger partial charge in [-0.25, -0.2) is 13.8 Å². The summed E-state index contributed by atoms with van der Waals surface area (Å²) >= 11 is 0. The number of aromatic amines is 1. The van der Waals surface area contributed by atoms with E-state index in [1.807, 2.05) is 19.9 Å². The Labute approximate surface area is 119 Å². The largest absolute Gasteiger partial charge is 0.443 e. The third-order valence-electron chi connectivity index (χ3n) is 3.15. The third kappa shape index (κ3) is 2.56. The molecule has 1 N–H and O–H groups in total. The summed E-state index contributed by atoms with van der Waals surface area (Å²) < 4.78 is 32.0. The molecule has 6 heteroatoms. The Morgan fingerprint density at radius 2 is 1.95 bits per heavy atom. The molecule has 4 nitrogen and oxygen atoms in total. The van der Waals surface area contributed by atoms with E-state index in [2.05, 4.69) is 15.2 Å². The Morgan fingerprint density at radius 1 is 1.14 bits per heavy atom. The predicted molar refractivity (Wildman–Crippen MR) is 73.5 cm³/mol. The van der Waals surface area contributed by atoms with Crippen molar-refractivity contribution < 1.29 is 13.2 Å². The van der Waals surface area contributed by atoms with E-state index in [9.17, 15) is 8.78 Å². The Morgan fingerprint density at radius 3 is 2.62 bits per heavy atom. The van der Waals surface area contributed by atoms with Gasteiger partial charge in [-0.05, 0) is 24.1 Å². The lowest BCUT2D eigenvalue weighted by Gasteiger charge is -1.97. The van der Waals surface area contributed by atoms with E-state index >= 15 is 0 Å². The lowest BCUT2D eigenvalue weighted by atomic mass is 10.1. The van der Waals surface area contributed by atoms with Gasteiger partial charge in [0.05, 0.1) is 0 Å². The summed E-state index contributed by atoms with van der Waals surface area (Å²) in [6.45, 7) is 4.07. The number of hydrogen-bond acceptors (Lipinski definition) is 3. The van der Waals surface area contributed by atoms with E-state index < -0.39 is 11.6 Å². The smallest absolute Gasteiger partial charge is 0.247 e. The van der Waals surface area contributed by atoms with Crippen LogP contribution in [0.5, 0.6) is 0 Å². The molecule has 0 spiro atoms. The van der Waals surface area contributed by atoms with E-state index in [1.54, 1.807) is 0 Å². The molecule has 3 rings (SSSR count). The molecule has 0 radical (unpaired) electrons. The van der Waals surface area contributed by atoms with Crippen molar-refractivity contribution in [3.63, 3.8) is 0 Å². The highest BCUT2D eigenvalue weighted by atomic mass is 19.1. The maximum absolute atomic E-state index is 13.7. The van der Waals surface area contributed by atoms with Crippen molar-refractivity contribution in [2.24, 2.45) is 0 Å². The highest BCUT2D eigenvalue weighted by Crippen LogP contribution is 2.27. The van der Waals surface area contributed by atoms with Crippen molar-refractivity contribution >= 4 is 0 Å². The quantitative estimate of drug-likeness (QED) is 0.788. The molecule has 1 aromatic carbocycles. The standard InChI is InChI=1S/C15H13F2N3O/c1-8(2)12-6-13(20-19-12)15-18-14(7-21-15)10-4-3-9(16)5-11(10)17/h3-8H,1-2H3,(H,19,20). The molecule has 0 atom stereocenters. The number of benzene rings is 1. The highest BCUT2D eigenvalue weighted by molar-refractivity contribution is 5.62. The summed E-state index contributed by atoms with van der Waals surface area (Å²) in [7, 11) is 0. The molecule has 0 bridgehead atoms. The molecule has 0 fully saturated rings. The molecule has 21 heavy (non-hydrogen) atoms. The number of nitrogens with zero attached hydrogens (tertiary/aromatic N) is 2. The molecule has 0 aliphatic rings. The van der Waals surface area contributed by atoms with Crippen LogP contribution in [0.15, 0.2) is 34.9 Å². The Balaban J connectivity index is 1.95. The molecule has 108 valence electrons. The fourth-order valence-corrected chi connectivity index (χ4v) is 1.95. The second kappa shape index (κ2) is 5.12. The number of nitrogens with one attached hydrogen (secondary N) is 1. The first-order valence-corrected chi connectivity index (χ1v) is 6.51. The Kier molecular flexibility index (Phi) is 3.29. The number of oxazole rings is 1. The van der Waals surface area contributed by atoms with Crippen LogP contribution in [0, 0.1) is 11.6 Å². The van der Waals surface area contributed by atoms with Crippen LogP contribution in [0.25, 0.3) is 22.8 Å². The lowest BCUT2D eigenvalue weighted by Crippen LogP contribution is -1.86. The Bertz CT molecular complexity index is 777. The van der Waals surface area contributed by atoms with E-state index in [4.69, 9.17) is 4.42 Å². The van der Waals surface area contributed by atoms with Gasteiger partial charge in [-0.15, -0.1) is 0 Å². The molecule has 2 aromatic heterocycles. The van der Waals surface area contributed by atoms with E-state index in [0.29, 0.717) is 17.3 Å². The highest BCUT2D eigenvalue weighted by Gasteiger charge is 2.15. The van der Waals surface area contributed by atoms with Gasteiger partial charge >= 0.3 is 0 Å². The molecule has 0 aliphatic heterocycles. The van der Waals surface area contributed by atoms with Crippen LogP contribution in [0.2, 0.25) is 0 Å². The Hall–Kier alpha value is -2.50. The lowest BCUT2D eigenvalue weighted by molar-refractivity contribution is 0.571. The fourth-order valence-electron chi connectivity index (χ4n) is 1.95. The summed E-state index contributed by atoms with van der Waals surface area (Å²) in [5.41, 5.74) is 1.99. The first-order chi connectivity index (χ1) is 10.0. The molecule has 0 saturated heterocycles. The zero-order valence-electron chi connectivity index (χ0n) is 11.5. The molecule has 2 heterocycles. The second-order valence-corrected chi connectivity index (χ2v) is 5.03. The maximum Gasteiger partial charge on any atom is 0.247 e. The molecule has 0 aliphatic carbocycles. The van der Waals surface area contributed by atoms with Crippen molar-refractivity contribution in [1.82, 2.24) is 15.2 Å². The van der Waals surface area contributed by atoms with Crippen LogP contribution in [0.4, 0.5) is 8.78 Å². The molecule has 0 amide bonds. The van der Waals surface area contributed by atoms with Crippen LogP contribution in [-0.4, -0.2) is 15.2 Å². The number of rotatable bonds is 3. The maximum atomic E-state index is 13.7. The van der Waals surface area contributed by atoms with Gasteiger partial charge in [0, 0.05) is 17.3 Å². The van der Waals surface area contributed by atoms with Crippen molar-refractivity contribution in [3.05, 3.63) is 47.9 Å². The molecular weight excluding hydrogens is 276 g/mol. The summed E-state index contributed by atoms with van der Waals surface area (Å²) in [5.74, 6) is -0.722. The SMILES string of the molecule is CC(C)c1cc(-c2nc(-c3ccc(F)cc3F)co2)n[nH]1. The second-order valence-electron chi connectivity index (χ2n) is 5.03. The first-order valence-electron chi connectivity index (χ1n) is 6.51. The summed E-state index contributed by atoms with van der Waals surface area (Å²) in [5, 5.41) is 7.01. The minimum absolute atomic E-state index is 0.186. The zero-order chi connectivity index (χ0) is 15.0. The first kappa shape index (κ1) is 13.5. The van der Waals surface area contributed by atoms with Crippen LogP contribution < -0.4 is 0 Å². The van der Waals surface area contributed by atoms with Crippen LogP contribution in [-0.2, 0) is 0 Å². The number of H-pyrrole nitrogens is 1. The van der Waals surface area contributed by atoms with Crippen molar-refractivity contribution in [3.8, 4) is 22.8 Å². The van der Waals surface area contributed by atoms with Gasteiger partial charge in [0.25, 0.3) is 0 Å². The fraction of sp³-hybridized carbons (Fsp3) is 0.200. The minimum atomic E-state index is -0.681. The van der Waals surface area contributed by atoms with Crippen molar-refractivity contribution in [1.29, 1.82) is 0 Å². The van der Waals surface area contributed by atoms with Crippen LogP contribution in [0.1, 0.15) is 25.5 Å². The van der Waals surface area contributed by atoms with Gasteiger partial charge in [-0.2, -0.15) is 5.10 Å². The average Bonchev–Trinajstić information content (AvgIpc) is 3.07. The molecule has 0 unspecified atom stereocenters. The minimum Gasteiger partial charge on any atom is -0.443 e. The van der Waals surface area contributed by atoms with E-state index in [1.165, 1.54) is 18.4 Å². The van der Waals surface area contributed by atoms with Gasteiger partial charge in [-0.3, -0.25) is 5.10 Å². The number of aromatic nitrogens is 3. The van der Waals surface area contributed by atoms with Crippen LogP contribution >= 0.6 is 0 Å². The summed E-state index contributed by atoms with van der Waals surface area (Å²) in [6, 6.07) is 5.16. The average molecular weight is 289 g/mol. The number of hydrogen-bond donors (Lipinski definition) is 1. The van der Waals surface area contributed by atoms with E-state index in [0.717, 1.165) is 11.8 Å². The molecule has 0 saturated carbocycles. The third-order valence-corrected chi connectivity index (χ3v) is 3.15. The van der Waals surface area contributed by atoms with E-state index in [-0.39, 0.29) is 11.5 Å². The van der Waals surface area contributed by atoms with Gasteiger partial charge in [0.1, 0.15) is 29.3 Å². The van der Waals surface area contributed by atoms with Crippen molar-refractivity contribution in [2.75, 3.05) is 0 Å². The van der Waals surface area contributed by atoms with Crippen LogP contribution in [0.3, 0.4) is 0 Å². The summed E-state index contributed by atoms with van der Waals surface area (Å²) in [6.07, 6.45) is 1.33.